The summed E-state index contributed by atoms with van der Waals surface area (Å²) in [6.07, 6.45) is 5.27. The number of nitrogens with one attached hydrogen (secondary N) is 1. The molecule has 0 radical (unpaired) electrons. The van der Waals surface area contributed by atoms with Gasteiger partial charge in [0.25, 0.3) is 0 Å². The number of hydrazine groups is 1. The average molecular weight is 259 g/mol. The monoisotopic (exact) mass is 258 g/mol. The first-order valence-electron chi connectivity index (χ1n) is 6.07. The largest absolute Gasteiger partial charge is 0.271 e. The molecule has 1 aromatic carbocycles. The van der Waals surface area contributed by atoms with Gasteiger partial charge in [0.05, 0.1) is 5.02 Å². The maximum absolute atomic E-state index is 13.3. The number of nitrogens with two attached hydrogens (primary N) is 1. The summed E-state index contributed by atoms with van der Waals surface area (Å²) < 4.78 is 13.3. The second kappa shape index (κ2) is 7.64. The van der Waals surface area contributed by atoms with Gasteiger partial charge in [-0.3, -0.25) is 11.3 Å². The lowest BCUT2D eigenvalue weighted by atomic mass is 10.0. The van der Waals surface area contributed by atoms with E-state index in [9.17, 15) is 4.39 Å². The Morgan fingerprint density at radius 3 is 2.76 bits per heavy atom. The summed E-state index contributed by atoms with van der Waals surface area (Å²) in [4.78, 5) is 0. The summed E-state index contributed by atoms with van der Waals surface area (Å²) in [7, 11) is 0. The van der Waals surface area contributed by atoms with E-state index in [2.05, 4.69) is 12.3 Å². The Labute approximate surface area is 107 Å². The minimum atomic E-state index is -0.367. The molecule has 0 heterocycles. The van der Waals surface area contributed by atoms with Crippen LogP contribution in [0.5, 0.6) is 0 Å². The smallest absolute Gasteiger partial charge is 0.142 e. The maximum Gasteiger partial charge on any atom is 0.142 e. The molecule has 2 nitrogen and oxygen atoms in total. The van der Waals surface area contributed by atoms with Gasteiger partial charge in [0.1, 0.15) is 5.82 Å². The van der Waals surface area contributed by atoms with Gasteiger partial charge in [0.2, 0.25) is 0 Å². The van der Waals surface area contributed by atoms with Crippen LogP contribution in [0.25, 0.3) is 0 Å². The van der Waals surface area contributed by atoms with E-state index >= 15 is 0 Å². The van der Waals surface area contributed by atoms with Crippen molar-refractivity contribution in [2.75, 3.05) is 0 Å². The summed E-state index contributed by atoms with van der Waals surface area (Å²) in [5.74, 6) is 5.13. The van der Waals surface area contributed by atoms with Crippen molar-refractivity contribution in [3.63, 3.8) is 0 Å². The molecular formula is C13H20ClFN2. The second-order valence-electron chi connectivity index (χ2n) is 4.31. The highest BCUT2D eigenvalue weighted by molar-refractivity contribution is 6.30. The maximum atomic E-state index is 13.3. The molecule has 0 fully saturated rings. The highest BCUT2D eigenvalue weighted by Gasteiger charge is 2.09. The third-order valence-corrected chi connectivity index (χ3v) is 3.16. The Morgan fingerprint density at radius 2 is 2.18 bits per heavy atom. The number of hydrogen-bond donors (Lipinski definition) is 2. The minimum Gasteiger partial charge on any atom is -0.271 e. The molecule has 96 valence electrons. The van der Waals surface area contributed by atoms with E-state index in [0.29, 0.717) is 0 Å². The molecule has 0 saturated carbocycles. The Hall–Kier alpha value is -0.640. The van der Waals surface area contributed by atoms with Crippen LogP contribution < -0.4 is 11.3 Å². The van der Waals surface area contributed by atoms with Crippen molar-refractivity contribution >= 4 is 11.6 Å². The van der Waals surface area contributed by atoms with Crippen LogP contribution in [-0.2, 0) is 6.42 Å². The summed E-state index contributed by atoms with van der Waals surface area (Å²) in [6.45, 7) is 2.17. The molecule has 0 spiro atoms. The first kappa shape index (κ1) is 14.4. The van der Waals surface area contributed by atoms with E-state index in [4.69, 9.17) is 17.4 Å². The third kappa shape index (κ3) is 5.02. The molecule has 0 aliphatic carbocycles. The van der Waals surface area contributed by atoms with E-state index in [1.807, 2.05) is 6.07 Å². The van der Waals surface area contributed by atoms with Gasteiger partial charge in [-0.1, -0.05) is 43.9 Å². The highest BCUT2D eigenvalue weighted by Crippen LogP contribution is 2.17. The van der Waals surface area contributed by atoms with Crippen LogP contribution in [0.1, 0.15) is 38.2 Å². The first-order valence-corrected chi connectivity index (χ1v) is 6.45. The lowest BCUT2D eigenvalue weighted by Crippen LogP contribution is -2.36. The summed E-state index contributed by atoms with van der Waals surface area (Å²) in [5, 5.41) is 0.164. The predicted octanol–water partition coefficient (Wildman–Crippen LogP) is 3.43. The molecule has 0 amide bonds. The van der Waals surface area contributed by atoms with E-state index in [1.54, 1.807) is 6.07 Å². The Balaban J connectivity index is 2.51. The van der Waals surface area contributed by atoms with Crippen molar-refractivity contribution in [3.05, 3.63) is 34.6 Å². The van der Waals surface area contributed by atoms with Gasteiger partial charge in [0.15, 0.2) is 0 Å². The number of benzene rings is 1. The molecule has 0 aliphatic heterocycles. The van der Waals surface area contributed by atoms with Crippen LogP contribution in [0.4, 0.5) is 4.39 Å². The lowest BCUT2D eigenvalue weighted by Gasteiger charge is -2.15. The Bertz CT molecular complexity index is 344. The van der Waals surface area contributed by atoms with Crippen molar-refractivity contribution < 1.29 is 4.39 Å². The molecule has 1 aromatic rings. The molecule has 3 N–H and O–H groups in total. The Kier molecular flexibility index (Phi) is 6.48. The van der Waals surface area contributed by atoms with Crippen molar-refractivity contribution in [3.8, 4) is 0 Å². The average Bonchev–Trinajstić information content (AvgIpc) is 2.32. The summed E-state index contributed by atoms with van der Waals surface area (Å²) >= 11 is 5.64. The summed E-state index contributed by atoms with van der Waals surface area (Å²) in [5.41, 5.74) is 3.71. The second-order valence-corrected chi connectivity index (χ2v) is 4.72. The van der Waals surface area contributed by atoms with Gasteiger partial charge in [0, 0.05) is 6.04 Å². The quantitative estimate of drug-likeness (QED) is 0.447. The zero-order valence-electron chi connectivity index (χ0n) is 10.2. The van der Waals surface area contributed by atoms with Gasteiger partial charge < -0.3 is 0 Å². The molecule has 17 heavy (non-hydrogen) atoms. The number of rotatable bonds is 7. The van der Waals surface area contributed by atoms with E-state index in [-0.39, 0.29) is 16.9 Å². The number of hydrogen-bond acceptors (Lipinski definition) is 2. The van der Waals surface area contributed by atoms with Crippen LogP contribution in [0.3, 0.4) is 0 Å². The van der Waals surface area contributed by atoms with Crippen LogP contribution >= 0.6 is 11.6 Å². The van der Waals surface area contributed by atoms with Gasteiger partial charge in [-0.2, -0.15) is 0 Å². The van der Waals surface area contributed by atoms with Gasteiger partial charge in [-0.05, 0) is 30.5 Å². The van der Waals surface area contributed by atoms with E-state index in [0.717, 1.165) is 24.8 Å². The molecule has 0 aliphatic rings. The lowest BCUT2D eigenvalue weighted by molar-refractivity contribution is 0.466. The Morgan fingerprint density at radius 1 is 1.41 bits per heavy atom. The topological polar surface area (TPSA) is 38.0 Å². The predicted molar refractivity (Wildman–Crippen MR) is 70.4 cm³/mol. The zero-order valence-corrected chi connectivity index (χ0v) is 10.9. The molecule has 0 saturated heterocycles. The van der Waals surface area contributed by atoms with Gasteiger partial charge >= 0.3 is 0 Å². The van der Waals surface area contributed by atoms with Crippen LogP contribution in [0, 0.1) is 5.82 Å². The molecule has 0 aromatic heterocycles. The van der Waals surface area contributed by atoms with Crippen LogP contribution in [0.2, 0.25) is 5.02 Å². The fourth-order valence-electron chi connectivity index (χ4n) is 1.84. The first-order chi connectivity index (χ1) is 8.17. The highest BCUT2D eigenvalue weighted by atomic mass is 35.5. The molecule has 1 atom stereocenters. The van der Waals surface area contributed by atoms with E-state index in [1.165, 1.54) is 18.9 Å². The summed E-state index contributed by atoms with van der Waals surface area (Å²) in [6, 6.07) is 5.11. The number of halogens is 2. The molecule has 0 bridgehead atoms. The molecular weight excluding hydrogens is 239 g/mol. The van der Waals surface area contributed by atoms with Crippen LogP contribution in [-0.4, -0.2) is 6.04 Å². The van der Waals surface area contributed by atoms with Crippen LogP contribution in [0.15, 0.2) is 18.2 Å². The van der Waals surface area contributed by atoms with Crippen molar-refractivity contribution in [1.29, 1.82) is 0 Å². The van der Waals surface area contributed by atoms with E-state index < -0.39 is 0 Å². The van der Waals surface area contributed by atoms with Crippen molar-refractivity contribution in [2.45, 2.75) is 45.1 Å². The fraction of sp³-hybridized carbons (Fsp3) is 0.538. The molecule has 4 heteroatoms. The standard InChI is InChI=1S/C13H20ClFN2/c1-2-3-4-5-11(17-16)8-10-6-7-12(14)13(15)9-10/h6-7,9,11,17H,2-5,8,16H2,1H3. The van der Waals surface area contributed by atoms with Crippen molar-refractivity contribution in [1.82, 2.24) is 5.43 Å². The normalized spacial score (nSPS) is 12.7. The van der Waals surface area contributed by atoms with Gasteiger partial charge in [-0.15, -0.1) is 0 Å². The fourth-order valence-corrected chi connectivity index (χ4v) is 1.95. The van der Waals surface area contributed by atoms with Gasteiger partial charge in [-0.25, -0.2) is 4.39 Å². The molecule has 1 unspecified atom stereocenters. The van der Waals surface area contributed by atoms with Crippen molar-refractivity contribution in [2.24, 2.45) is 5.84 Å². The minimum absolute atomic E-state index is 0.164. The molecule has 1 rings (SSSR count). The number of unbranched alkanes of at least 4 members (excludes halogenated alkanes) is 2. The third-order valence-electron chi connectivity index (χ3n) is 2.86. The zero-order chi connectivity index (χ0) is 12.7. The SMILES string of the molecule is CCCCCC(Cc1ccc(Cl)c(F)c1)NN.